The van der Waals surface area contributed by atoms with Crippen molar-refractivity contribution >= 4 is 5.97 Å². The lowest BCUT2D eigenvalue weighted by atomic mass is 9.65. The molecule has 3 heteroatoms. The maximum Gasteiger partial charge on any atom is 0.311 e. The van der Waals surface area contributed by atoms with Crippen LogP contribution in [0.25, 0.3) is 0 Å². The van der Waals surface area contributed by atoms with E-state index in [-0.39, 0.29) is 35.1 Å². The van der Waals surface area contributed by atoms with Crippen molar-refractivity contribution in [3.8, 4) is 5.75 Å². The maximum atomic E-state index is 12.8. The minimum absolute atomic E-state index is 0.0231. The molecule has 0 aliphatic rings. The molecule has 1 N–H and O–H groups in total. The molecule has 202 valence electrons. The van der Waals surface area contributed by atoms with E-state index in [0.717, 1.165) is 12.8 Å². The fourth-order valence-electron chi connectivity index (χ4n) is 5.21. The number of para-hydroxylation sites is 1. The highest BCUT2D eigenvalue weighted by molar-refractivity contribution is 5.72. The summed E-state index contributed by atoms with van der Waals surface area (Å²) in [5.74, 6) is 0.288. The van der Waals surface area contributed by atoms with Crippen molar-refractivity contribution in [3.63, 3.8) is 0 Å². The zero-order valence-corrected chi connectivity index (χ0v) is 24.1. The van der Waals surface area contributed by atoms with E-state index in [2.05, 4.69) is 48.5 Å². The molecule has 0 spiro atoms. The molecule has 0 bridgehead atoms. The molecule has 3 nitrogen and oxygen atoms in total. The number of esters is 1. The summed E-state index contributed by atoms with van der Waals surface area (Å²) in [4.78, 5) is 12.8. The molecule has 35 heavy (non-hydrogen) atoms. The zero-order valence-electron chi connectivity index (χ0n) is 24.1. The number of hydrogen-bond acceptors (Lipinski definition) is 3. The fourth-order valence-corrected chi connectivity index (χ4v) is 5.21. The van der Waals surface area contributed by atoms with Gasteiger partial charge in [0, 0.05) is 5.92 Å². The first-order chi connectivity index (χ1) is 16.5. The van der Waals surface area contributed by atoms with E-state index in [1.807, 2.05) is 18.2 Å². The Morgan fingerprint density at radius 3 is 1.66 bits per heavy atom. The SMILES string of the molecule is CCCCCCCCCCCCCC(C(O)C(CC(=O)Oc1ccccc1)C(C)(C)C)C(C)(C)C. The smallest absolute Gasteiger partial charge is 0.311 e. The van der Waals surface area contributed by atoms with Gasteiger partial charge in [0.2, 0.25) is 0 Å². The maximum absolute atomic E-state index is 12.8. The topological polar surface area (TPSA) is 46.5 Å². The van der Waals surface area contributed by atoms with Crippen LogP contribution in [-0.2, 0) is 4.79 Å². The Labute approximate surface area is 217 Å². The Hall–Kier alpha value is -1.35. The van der Waals surface area contributed by atoms with Crippen molar-refractivity contribution in [2.24, 2.45) is 22.7 Å². The number of benzene rings is 1. The van der Waals surface area contributed by atoms with Gasteiger partial charge in [0.15, 0.2) is 0 Å². The van der Waals surface area contributed by atoms with Crippen LogP contribution in [0.1, 0.15) is 132 Å². The predicted octanol–water partition coefficient (Wildman–Crippen LogP) is 9.37. The predicted molar refractivity (Wildman–Crippen MR) is 150 cm³/mol. The van der Waals surface area contributed by atoms with Gasteiger partial charge in [0.1, 0.15) is 5.75 Å². The van der Waals surface area contributed by atoms with Crippen LogP contribution in [-0.4, -0.2) is 17.2 Å². The van der Waals surface area contributed by atoms with Gasteiger partial charge in [0.25, 0.3) is 0 Å². The average Bonchev–Trinajstić information content (AvgIpc) is 2.77. The average molecular weight is 489 g/mol. The fraction of sp³-hybridized carbons (Fsp3) is 0.781. The van der Waals surface area contributed by atoms with Crippen molar-refractivity contribution in [2.75, 3.05) is 0 Å². The summed E-state index contributed by atoms with van der Waals surface area (Å²) in [5, 5.41) is 11.6. The normalized spacial score (nSPS) is 15.0. The number of carbonyl (C=O) groups excluding carboxylic acids is 1. The van der Waals surface area contributed by atoms with Crippen molar-refractivity contribution < 1.29 is 14.6 Å². The Kier molecular flexibility index (Phi) is 14.8. The lowest BCUT2D eigenvalue weighted by Gasteiger charge is -2.43. The van der Waals surface area contributed by atoms with E-state index in [4.69, 9.17) is 4.74 Å². The Morgan fingerprint density at radius 2 is 1.20 bits per heavy atom. The first-order valence-electron chi connectivity index (χ1n) is 14.4. The lowest BCUT2D eigenvalue weighted by molar-refractivity contribution is -0.140. The standard InChI is InChI=1S/C32H56O3/c1-8-9-10-11-12-13-14-15-16-17-21-24-27(31(2,3)4)30(34)28(32(5,6)7)25-29(33)35-26-22-19-18-20-23-26/h18-20,22-23,27-28,30,34H,8-17,21,24-25H2,1-7H3. The molecule has 0 fully saturated rings. The molecule has 0 aliphatic heterocycles. The van der Waals surface area contributed by atoms with E-state index in [0.29, 0.717) is 5.75 Å². The third-order valence-electron chi connectivity index (χ3n) is 7.53. The van der Waals surface area contributed by atoms with Gasteiger partial charge in [-0.05, 0) is 35.3 Å². The summed E-state index contributed by atoms with van der Waals surface area (Å²) in [6.07, 6.45) is 15.3. The molecule has 1 aromatic rings. The van der Waals surface area contributed by atoms with Crippen LogP contribution in [0.2, 0.25) is 0 Å². The summed E-state index contributed by atoms with van der Waals surface area (Å²) in [6, 6.07) is 9.22. The Bertz CT molecular complexity index is 668. The second kappa shape index (κ2) is 16.4. The Balaban J connectivity index is 2.57. The molecule has 0 heterocycles. The third kappa shape index (κ3) is 13.5. The molecule has 0 saturated heterocycles. The van der Waals surface area contributed by atoms with Gasteiger partial charge < -0.3 is 9.84 Å². The quantitative estimate of drug-likeness (QED) is 0.135. The van der Waals surface area contributed by atoms with Crippen molar-refractivity contribution in [1.29, 1.82) is 0 Å². The van der Waals surface area contributed by atoms with Crippen molar-refractivity contribution in [1.82, 2.24) is 0 Å². The van der Waals surface area contributed by atoms with Crippen LogP contribution in [0.15, 0.2) is 30.3 Å². The van der Waals surface area contributed by atoms with Crippen molar-refractivity contribution in [3.05, 3.63) is 30.3 Å². The van der Waals surface area contributed by atoms with Gasteiger partial charge >= 0.3 is 5.97 Å². The molecular formula is C32H56O3. The molecule has 1 aromatic carbocycles. The van der Waals surface area contributed by atoms with Crippen LogP contribution in [0, 0.1) is 22.7 Å². The number of hydrogen-bond donors (Lipinski definition) is 1. The van der Waals surface area contributed by atoms with Gasteiger partial charge in [-0.25, -0.2) is 0 Å². The minimum atomic E-state index is -0.540. The number of ether oxygens (including phenoxy) is 1. The summed E-state index contributed by atoms with van der Waals surface area (Å²) < 4.78 is 5.58. The molecule has 0 saturated carbocycles. The molecule has 0 radical (unpaired) electrons. The van der Waals surface area contributed by atoms with Gasteiger partial charge in [-0.1, -0.05) is 137 Å². The van der Waals surface area contributed by atoms with Crippen LogP contribution in [0.3, 0.4) is 0 Å². The van der Waals surface area contributed by atoms with Crippen LogP contribution in [0.4, 0.5) is 0 Å². The molecular weight excluding hydrogens is 432 g/mol. The Morgan fingerprint density at radius 1 is 0.743 bits per heavy atom. The first kappa shape index (κ1) is 31.7. The highest BCUT2D eigenvalue weighted by atomic mass is 16.5. The molecule has 3 atom stereocenters. The van der Waals surface area contributed by atoms with Gasteiger partial charge in [-0.15, -0.1) is 0 Å². The highest BCUT2D eigenvalue weighted by Crippen LogP contribution is 2.42. The van der Waals surface area contributed by atoms with E-state index in [1.165, 1.54) is 64.2 Å². The van der Waals surface area contributed by atoms with Gasteiger partial charge in [-0.3, -0.25) is 4.79 Å². The second-order valence-corrected chi connectivity index (χ2v) is 12.8. The number of carbonyl (C=O) groups is 1. The van der Waals surface area contributed by atoms with Crippen molar-refractivity contribution in [2.45, 2.75) is 138 Å². The summed E-state index contributed by atoms with van der Waals surface area (Å²) in [7, 11) is 0. The second-order valence-electron chi connectivity index (χ2n) is 12.8. The van der Waals surface area contributed by atoms with Crippen LogP contribution < -0.4 is 4.74 Å². The van der Waals surface area contributed by atoms with E-state index in [1.54, 1.807) is 12.1 Å². The van der Waals surface area contributed by atoms with E-state index >= 15 is 0 Å². The monoisotopic (exact) mass is 488 g/mol. The number of unbranched alkanes of at least 4 members (excludes halogenated alkanes) is 10. The first-order valence-corrected chi connectivity index (χ1v) is 14.4. The largest absolute Gasteiger partial charge is 0.427 e. The summed E-state index contributed by atoms with van der Waals surface area (Å²) in [6.45, 7) is 15.3. The minimum Gasteiger partial charge on any atom is -0.427 e. The number of rotatable bonds is 17. The molecule has 0 amide bonds. The molecule has 0 aliphatic carbocycles. The van der Waals surface area contributed by atoms with E-state index < -0.39 is 6.10 Å². The lowest BCUT2D eigenvalue weighted by Crippen LogP contribution is -2.43. The zero-order chi connectivity index (χ0) is 26.3. The highest BCUT2D eigenvalue weighted by Gasteiger charge is 2.41. The number of aliphatic hydroxyl groups excluding tert-OH is 1. The molecule has 1 rings (SSSR count). The third-order valence-corrected chi connectivity index (χ3v) is 7.53. The van der Waals surface area contributed by atoms with E-state index in [9.17, 15) is 9.90 Å². The number of aliphatic hydroxyl groups is 1. The van der Waals surface area contributed by atoms with Gasteiger partial charge in [-0.2, -0.15) is 0 Å². The summed E-state index contributed by atoms with van der Waals surface area (Å²) >= 11 is 0. The van der Waals surface area contributed by atoms with Crippen LogP contribution >= 0.6 is 0 Å². The molecule has 3 unspecified atom stereocenters. The van der Waals surface area contributed by atoms with Crippen LogP contribution in [0.5, 0.6) is 5.75 Å². The molecule has 0 aromatic heterocycles. The summed E-state index contributed by atoms with van der Waals surface area (Å²) in [5.41, 5.74) is -0.222. The van der Waals surface area contributed by atoms with Gasteiger partial charge in [0.05, 0.1) is 12.5 Å².